The number of ether oxygens (including phenoxy) is 22. The first-order chi connectivity index (χ1) is 48.6. The van der Waals surface area contributed by atoms with Gasteiger partial charge in [0.25, 0.3) is 0 Å². The Labute approximate surface area is 603 Å². The highest BCUT2D eigenvalue weighted by Gasteiger charge is 2.60. The molecule has 4 fully saturated rings. The summed E-state index contributed by atoms with van der Waals surface area (Å²) in [7, 11) is 0. The van der Waals surface area contributed by atoms with E-state index in [4.69, 9.17) is 104 Å². The van der Waals surface area contributed by atoms with Gasteiger partial charge in [-0.1, -0.05) is 32.1 Å². The summed E-state index contributed by atoms with van der Waals surface area (Å²) >= 11 is 3.15. The molecule has 0 aliphatic carbocycles. The summed E-state index contributed by atoms with van der Waals surface area (Å²) in [5, 5.41) is 0. The molecule has 0 spiro atoms. The molecule has 0 unspecified atom stereocenters. The zero-order valence-electron chi connectivity index (χ0n) is 60.1. The van der Waals surface area contributed by atoms with Gasteiger partial charge in [-0.3, -0.25) is 67.1 Å². The third-order valence-corrected chi connectivity index (χ3v) is 16.9. The number of rotatable bonds is 40. The van der Waals surface area contributed by atoms with Gasteiger partial charge in [-0.2, -0.15) is 23.5 Å². The maximum Gasteiger partial charge on any atom is 0.303 e. The second-order valence-corrected chi connectivity index (χ2v) is 26.2. The van der Waals surface area contributed by atoms with Crippen LogP contribution >= 0.6 is 23.5 Å². The monoisotopic (exact) mass is 1520 g/mol. The molecule has 38 heteroatoms. The van der Waals surface area contributed by atoms with E-state index in [-0.39, 0.29) is 13.2 Å². The third-order valence-electron chi connectivity index (χ3n) is 14.9. The van der Waals surface area contributed by atoms with Gasteiger partial charge in [0, 0.05) is 108 Å². The van der Waals surface area contributed by atoms with Gasteiger partial charge in [0.1, 0.15) is 63.1 Å². The molecule has 20 atom stereocenters. The second kappa shape index (κ2) is 45.4. The molecule has 0 aromatic heterocycles. The lowest BCUT2D eigenvalue weighted by atomic mass is 9.96. The summed E-state index contributed by atoms with van der Waals surface area (Å²) in [6.45, 7) is 12.6. The highest BCUT2D eigenvalue weighted by Crippen LogP contribution is 2.38. The van der Waals surface area contributed by atoms with Gasteiger partial charge in [0.15, 0.2) is 86.2 Å². The van der Waals surface area contributed by atoms with Crippen molar-refractivity contribution < 1.29 is 171 Å². The van der Waals surface area contributed by atoms with Crippen LogP contribution < -0.4 is 0 Å². The fourth-order valence-electron chi connectivity index (χ4n) is 11.2. The second-order valence-electron chi connectivity index (χ2n) is 23.8. The molecule has 0 bridgehead atoms. The van der Waals surface area contributed by atoms with Gasteiger partial charge < -0.3 is 104 Å². The van der Waals surface area contributed by atoms with Crippen molar-refractivity contribution in [2.75, 3.05) is 62.7 Å². The molecule has 36 nitrogen and oxygen atoms in total. The van der Waals surface area contributed by atoms with E-state index in [1.807, 2.05) is 0 Å². The fourth-order valence-corrected chi connectivity index (χ4v) is 12.8. The van der Waals surface area contributed by atoms with Crippen molar-refractivity contribution in [3.05, 3.63) is 0 Å². The van der Waals surface area contributed by atoms with E-state index in [1.165, 1.54) is 0 Å². The Kier molecular flexibility index (Phi) is 38.9. The smallest absolute Gasteiger partial charge is 0.303 e. The largest absolute Gasteiger partial charge is 0.463 e. The number of unbranched alkanes of at least 4 members (excludes halogenated alkanes) is 6. The van der Waals surface area contributed by atoms with E-state index in [0.717, 1.165) is 153 Å². The summed E-state index contributed by atoms with van der Waals surface area (Å²) in [4.78, 5) is 175. The van der Waals surface area contributed by atoms with Crippen LogP contribution in [0, 0.1) is 0 Å². The molecular weight excluding hydrogens is 1420 g/mol. The number of hydrogen-bond acceptors (Lipinski definition) is 38. The Morgan fingerprint density at radius 2 is 0.437 bits per heavy atom. The standard InChI is InChI=1S/C65H96O36S2/c1-32(66)82-28-46-50(86-36(5)70)54(88-38(7)72)60(94-44(13)78)64(98-46)100-52-48(30-84-34(3)68)96-62(58(92-42(11)76)56(52)90-40(9)74)80-22-26-102-24-20-18-16-15-17-19-21-25-103-27-23-81-63-59(93-43(12)77)57(91-41(10)75)53(49(97-63)31-85-35(4)69)101-65-61(95-45(14)79)55(89-39(8)73)51(87-37(6)71)47(99-65)29-83-33(2)67/h46-65H,15-31H2,1-14H3/t46-,47-,48-,49-,50+,51+,52+,53+,54+,55+,56+,57+,58-,59-,60-,61-,62-,63-,64+,65+/m1/s1. The molecule has 0 amide bonds. The van der Waals surface area contributed by atoms with Gasteiger partial charge in [0.05, 0.1) is 13.2 Å². The van der Waals surface area contributed by atoms with Crippen molar-refractivity contribution in [3.63, 3.8) is 0 Å². The van der Waals surface area contributed by atoms with Crippen molar-refractivity contribution in [1.82, 2.24) is 0 Å². The normalized spacial score (nSPS) is 28.8. The van der Waals surface area contributed by atoms with Crippen molar-refractivity contribution in [2.24, 2.45) is 0 Å². The van der Waals surface area contributed by atoms with Gasteiger partial charge in [-0.15, -0.1) is 0 Å². The van der Waals surface area contributed by atoms with E-state index in [9.17, 15) is 67.1 Å². The minimum atomic E-state index is -1.84. The summed E-state index contributed by atoms with van der Waals surface area (Å²) in [6.07, 6.45) is -25.3. The first kappa shape index (κ1) is 88.4. The first-order valence-electron chi connectivity index (χ1n) is 33.2. The van der Waals surface area contributed by atoms with E-state index < -0.39 is 233 Å². The summed E-state index contributed by atoms with van der Waals surface area (Å²) in [6, 6.07) is 0. The molecule has 4 saturated heterocycles. The lowest BCUT2D eigenvalue weighted by molar-refractivity contribution is -0.360. The van der Waals surface area contributed by atoms with Crippen LogP contribution in [0.5, 0.6) is 0 Å². The molecule has 0 aromatic carbocycles. The quantitative estimate of drug-likeness (QED) is 0.0483. The maximum absolute atomic E-state index is 12.9. The molecule has 0 N–H and O–H groups in total. The average Bonchev–Trinajstić information content (AvgIpc) is 0.774. The molecule has 4 rings (SSSR count). The number of hydrogen-bond donors (Lipinski definition) is 0. The molecule has 103 heavy (non-hydrogen) atoms. The number of carbonyl (C=O) groups is 14. The highest BCUT2D eigenvalue weighted by molar-refractivity contribution is 7.99. The van der Waals surface area contributed by atoms with Crippen LogP contribution in [0.2, 0.25) is 0 Å². The molecule has 584 valence electrons. The van der Waals surface area contributed by atoms with Crippen LogP contribution in [0.25, 0.3) is 0 Å². The van der Waals surface area contributed by atoms with Crippen molar-refractivity contribution in [1.29, 1.82) is 0 Å². The topological polar surface area (TPSA) is 442 Å². The molecule has 4 aliphatic rings. The summed E-state index contributed by atoms with van der Waals surface area (Å²) < 4.78 is 127. The van der Waals surface area contributed by atoms with Gasteiger partial charge in [-0.05, 0) is 24.3 Å². The zero-order chi connectivity index (χ0) is 76.6. The molecule has 4 aliphatic heterocycles. The number of esters is 14. The lowest BCUT2D eigenvalue weighted by Crippen LogP contribution is -2.67. The van der Waals surface area contributed by atoms with E-state index in [0.29, 0.717) is 11.5 Å². The maximum atomic E-state index is 12.9. The van der Waals surface area contributed by atoms with Crippen molar-refractivity contribution >= 4 is 107 Å². The average molecular weight is 1520 g/mol. The van der Waals surface area contributed by atoms with E-state index in [1.54, 1.807) is 23.5 Å². The molecule has 0 radical (unpaired) electrons. The molecule has 4 heterocycles. The van der Waals surface area contributed by atoms with Crippen LogP contribution in [0.3, 0.4) is 0 Å². The molecule has 0 saturated carbocycles. The Morgan fingerprint density at radius 1 is 0.233 bits per heavy atom. The van der Waals surface area contributed by atoms with Crippen molar-refractivity contribution in [3.8, 4) is 0 Å². The minimum Gasteiger partial charge on any atom is -0.463 e. The minimum absolute atomic E-state index is 0.0244. The lowest BCUT2D eigenvalue weighted by Gasteiger charge is -2.48. The number of thioether (sulfide) groups is 2. The van der Waals surface area contributed by atoms with Crippen LogP contribution in [0.4, 0.5) is 0 Å². The van der Waals surface area contributed by atoms with Gasteiger partial charge in [0.2, 0.25) is 0 Å². The van der Waals surface area contributed by atoms with Crippen molar-refractivity contribution in [2.45, 2.75) is 265 Å². The fraction of sp³-hybridized carbons (Fsp3) is 0.785. The molecular formula is C65H96O36S2. The zero-order valence-corrected chi connectivity index (χ0v) is 61.7. The Morgan fingerprint density at radius 3 is 0.689 bits per heavy atom. The van der Waals surface area contributed by atoms with Crippen LogP contribution in [0.1, 0.15) is 142 Å². The SMILES string of the molecule is CC(=O)OC[C@H]1O[C@@H](O[C@@H]2[C@H](OC(C)=O)[C@@H](OC(C)=O)[C@H](OCCSCCCCCCCCCSCCO[C@@H]3O[C@H](COC(C)=O)[C@H](O[C@@H]4O[C@H](COC(C)=O)[C@H](OC(C)=O)[C@H](OC(C)=O)[C@H]4OC(C)=O)[C@H](OC(C)=O)[C@H]3OC(C)=O)O[C@@H]2COC(C)=O)[C@H](OC(C)=O)[C@@H](OC(C)=O)[C@H]1OC(C)=O. The van der Waals surface area contributed by atoms with Crippen LogP contribution in [-0.2, 0) is 171 Å². The summed E-state index contributed by atoms with van der Waals surface area (Å²) in [5.74, 6) is -9.72. The predicted molar refractivity (Wildman–Crippen MR) is 345 cm³/mol. The Bertz CT molecular complexity index is 2660. The van der Waals surface area contributed by atoms with Gasteiger partial charge >= 0.3 is 83.6 Å². The first-order valence-corrected chi connectivity index (χ1v) is 35.5. The Hall–Kier alpha value is -7.04. The summed E-state index contributed by atoms with van der Waals surface area (Å²) in [5.41, 5.74) is 0. The predicted octanol–water partition coefficient (Wildman–Crippen LogP) is 2.46. The van der Waals surface area contributed by atoms with Crippen LogP contribution in [0.15, 0.2) is 0 Å². The van der Waals surface area contributed by atoms with Crippen LogP contribution in [-0.4, -0.2) is 269 Å². The van der Waals surface area contributed by atoms with E-state index >= 15 is 0 Å². The number of carbonyl (C=O) groups excluding carboxylic acids is 14. The Balaban J connectivity index is 1.33. The highest BCUT2D eigenvalue weighted by atomic mass is 32.2. The molecule has 0 aromatic rings. The van der Waals surface area contributed by atoms with E-state index in [2.05, 4.69) is 0 Å². The third kappa shape index (κ3) is 31.7. The van der Waals surface area contributed by atoms with Gasteiger partial charge in [-0.25, -0.2) is 0 Å².